The average Bonchev–Trinajstić information content (AvgIpc) is 2.29. The lowest BCUT2D eigenvalue weighted by molar-refractivity contribution is -0.00295. The summed E-state index contributed by atoms with van der Waals surface area (Å²) in [5, 5.41) is 0. The second-order valence-corrected chi connectivity index (χ2v) is 5.36. The van der Waals surface area contributed by atoms with Gasteiger partial charge in [0.1, 0.15) is 0 Å². The molecule has 0 amide bonds. The molecule has 0 bridgehead atoms. The van der Waals surface area contributed by atoms with E-state index in [-0.39, 0.29) is 5.41 Å². The van der Waals surface area contributed by atoms with Gasteiger partial charge in [-0.05, 0) is 43.6 Å². The van der Waals surface area contributed by atoms with Crippen molar-refractivity contribution in [1.29, 1.82) is 0 Å². The molecule has 1 rings (SSSR count). The van der Waals surface area contributed by atoms with Gasteiger partial charge in [0.05, 0.1) is 0 Å². The molecule has 16 heavy (non-hydrogen) atoms. The van der Waals surface area contributed by atoms with Crippen molar-refractivity contribution >= 4 is 0 Å². The highest BCUT2D eigenvalue weighted by Crippen LogP contribution is 2.32. The minimum atomic E-state index is 0.288. The molecule has 0 unspecified atom stereocenters. The maximum absolute atomic E-state index is 5.89. The fraction of sp³-hybridized carbons (Fsp3) is 1.00. The molecule has 0 atom stereocenters. The SMILES string of the molecule is CC(C)CCOCCC1(CN)CCOCC1. The molecule has 2 N–H and O–H groups in total. The van der Waals surface area contributed by atoms with E-state index in [0.29, 0.717) is 0 Å². The molecule has 1 aliphatic heterocycles. The van der Waals surface area contributed by atoms with E-state index in [1.54, 1.807) is 0 Å². The minimum absolute atomic E-state index is 0.288. The molecule has 0 saturated carbocycles. The smallest absolute Gasteiger partial charge is 0.0471 e. The molecule has 96 valence electrons. The van der Waals surface area contributed by atoms with Crippen LogP contribution in [0, 0.1) is 11.3 Å². The van der Waals surface area contributed by atoms with E-state index in [1.807, 2.05) is 0 Å². The van der Waals surface area contributed by atoms with Gasteiger partial charge in [-0.1, -0.05) is 13.8 Å². The third-order valence-corrected chi connectivity index (χ3v) is 3.60. The van der Waals surface area contributed by atoms with Crippen molar-refractivity contribution in [3.05, 3.63) is 0 Å². The van der Waals surface area contributed by atoms with Gasteiger partial charge in [0.25, 0.3) is 0 Å². The summed E-state index contributed by atoms with van der Waals surface area (Å²) in [4.78, 5) is 0. The standard InChI is InChI=1S/C13H27NO2/c1-12(2)3-7-15-8-4-13(11-14)5-9-16-10-6-13/h12H,3-11,14H2,1-2H3. The zero-order valence-electron chi connectivity index (χ0n) is 10.8. The molecule has 0 aromatic heterocycles. The van der Waals surface area contributed by atoms with Gasteiger partial charge in [-0.15, -0.1) is 0 Å². The first-order chi connectivity index (χ1) is 7.68. The highest BCUT2D eigenvalue weighted by atomic mass is 16.5. The molecule has 3 nitrogen and oxygen atoms in total. The van der Waals surface area contributed by atoms with Crippen molar-refractivity contribution in [1.82, 2.24) is 0 Å². The summed E-state index contributed by atoms with van der Waals surface area (Å²) in [6.07, 6.45) is 4.43. The van der Waals surface area contributed by atoms with Crippen LogP contribution in [0.5, 0.6) is 0 Å². The van der Waals surface area contributed by atoms with Crippen LogP contribution in [0.3, 0.4) is 0 Å². The minimum Gasteiger partial charge on any atom is -0.381 e. The van der Waals surface area contributed by atoms with E-state index in [1.165, 1.54) is 0 Å². The van der Waals surface area contributed by atoms with Gasteiger partial charge in [0.15, 0.2) is 0 Å². The van der Waals surface area contributed by atoms with Gasteiger partial charge in [0.2, 0.25) is 0 Å². The fourth-order valence-corrected chi connectivity index (χ4v) is 2.07. The number of rotatable bonds is 7. The summed E-state index contributed by atoms with van der Waals surface area (Å²) in [6, 6.07) is 0. The van der Waals surface area contributed by atoms with Gasteiger partial charge in [-0.2, -0.15) is 0 Å². The van der Waals surface area contributed by atoms with Crippen LogP contribution in [0.15, 0.2) is 0 Å². The maximum atomic E-state index is 5.89. The number of hydrogen-bond donors (Lipinski definition) is 1. The Kier molecular flexibility index (Phi) is 6.32. The molecule has 1 saturated heterocycles. The summed E-state index contributed by atoms with van der Waals surface area (Å²) in [5.74, 6) is 0.728. The first-order valence-corrected chi connectivity index (χ1v) is 6.54. The van der Waals surface area contributed by atoms with E-state index in [4.69, 9.17) is 15.2 Å². The largest absolute Gasteiger partial charge is 0.381 e. The molecule has 1 fully saturated rings. The Balaban J connectivity index is 2.13. The summed E-state index contributed by atoms with van der Waals surface area (Å²) in [5.41, 5.74) is 6.18. The first-order valence-electron chi connectivity index (χ1n) is 6.54. The van der Waals surface area contributed by atoms with Crippen LogP contribution in [0.25, 0.3) is 0 Å². The van der Waals surface area contributed by atoms with E-state index < -0.39 is 0 Å². The molecule has 0 aliphatic carbocycles. The zero-order valence-corrected chi connectivity index (χ0v) is 10.8. The lowest BCUT2D eigenvalue weighted by atomic mass is 9.78. The molecule has 0 aromatic rings. The van der Waals surface area contributed by atoms with Gasteiger partial charge in [0, 0.05) is 26.4 Å². The molecular formula is C13H27NO2. The lowest BCUT2D eigenvalue weighted by Crippen LogP contribution is -2.37. The van der Waals surface area contributed by atoms with Crippen LogP contribution >= 0.6 is 0 Å². The Morgan fingerprint density at radius 2 is 1.94 bits per heavy atom. The van der Waals surface area contributed by atoms with Gasteiger partial charge < -0.3 is 15.2 Å². The summed E-state index contributed by atoms with van der Waals surface area (Å²) in [6.45, 7) is 8.68. The predicted molar refractivity (Wildman–Crippen MR) is 66.4 cm³/mol. The predicted octanol–water partition coefficient (Wildman–Crippen LogP) is 2.19. The van der Waals surface area contributed by atoms with Gasteiger partial charge in [-0.25, -0.2) is 0 Å². The van der Waals surface area contributed by atoms with Crippen molar-refractivity contribution < 1.29 is 9.47 Å². The first kappa shape index (κ1) is 13.9. The topological polar surface area (TPSA) is 44.5 Å². The second-order valence-electron chi connectivity index (χ2n) is 5.36. The van der Waals surface area contributed by atoms with Gasteiger partial charge in [-0.3, -0.25) is 0 Å². The number of hydrogen-bond acceptors (Lipinski definition) is 3. The number of ether oxygens (including phenoxy) is 2. The summed E-state index contributed by atoms with van der Waals surface area (Å²) < 4.78 is 11.1. The van der Waals surface area contributed by atoms with Crippen molar-refractivity contribution in [3.63, 3.8) is 0 Å². The monoisotopic (exact) mass is 229 g/mol. The lowest BCUT2D eigenvalue weighted by Gasteiger charge is -2.36. The van der Waals surface area contributed by atoms with Crippen LogP contribution in [0.4, 0.5) is 0 Å². The second kappa shape index (κ2) is 7.25. The molecule has 1 aliphatic rings. The molecular weight excluding hydrogens is 202 g/mol. The number of nitrogens with two attached hydrogens (primary N) is 1. The molecule has 3 heteroatoms. The van der Waals surface area contributed by atoms with Crippen molar-refractivity contribution in [2.45, 2.75) is 39.5 Å². The highest BCUT2D eigenvalue weighted by molar-refractivity contribution is 4.82. The van der Waals surface area contributed by atoms with Crippen molar-refractivity contribution in [2.24, 2.45) is 17.1 Å². The zero-order chi connectivity index (χ0) is 11.9. The Morgan fingerprint density at radius 1 is 1.25 bits per heavy atom. The highest BCUT2D eigenvalue weighted by Gasteiger charge is 2.30. The average molecular weight is 229 g/mol. The molecule has 0 radical (unpaired) electrons. The fourth-order valence-electron chi connectivity index (χ4n) is 2.07. The molecule has 0 spiro atoms. The van der Waals surface area contributed by atoms with Crippen LogP contribution < -0.4 is 5.73 Å². The van der Waals surface area contributed by atoms with E-state index in [0.717, 1.165) is 64.6 Å². The summed E-state index contributed by atoms with van der Waals surface area (Å²) in [7, 11) is 0. The van der Waals surface area contributed by atoms with E-state index in [9.17, 15) is 0 Å². The Bertz CT molecular complexity index is 177. The molecule has 0 aromatic carbocycles. The van der Waals surface area contributed by atoms with Crippen LogP contribution in [-0.4, -0.2) is 33.0 Å². The van der Waals surface area contributed by atoms with Crippen molar-refractivity contribution in [3.8, 4) is 0 Å². The van der Waals surface area contributed by atoms with Gasteiger partial charge >= 0.3 is 0 Å². The van der Waals surface area contributed by atoms with Crippen molar-refractivity contribution in [2.75, 3.05) is 33.0 Å². The van der Waals surface area contributed by atoms with E-state index in [2.05, 4.69) is 13.8 Å². The van der Waals surface area contributed by atoms with E-state index >= 15 is 0 Å². The maximum Gasteiger partial charge on any atom is 0.0471 e. The third-order valence-electron chi connectivity index (χ3n) is 3.60. The third kappa shape index (κ3) is 4.81. The molecule has 1 heterocycles. The summed E-state index contributed by atoms with van der Waals surface area (Å²) >= 11 is 0. The van der Waals surface area contributed by atoms with Crippen LogP contribution in [0.2, 0.25) is 0 Å². The normalized spacial score (nSPS) is 20.2. The van der Waals surface area contributed by atoms with Crippen LogP contribution in [-0.2, 0) is 9.47 Å². The quantitative estimate of drug-likeness (QED) is 0.681. The van der Waals surface area contributed by atoms with Crippen LogP contribution in [0.1, 0.15) is 39.5 Å². The Morgan fingerprint density at radius 3 is 2.50 bits per heavy atom. The Labute approximate surface area is 99.7 Å². The Hall–Kier alpha value is -0.120.